The molecule has 6 nitrogen and oxygen atoms in total. The fourth-order valence-corrected chi connectivity index (χ4v) is 4.05. The predicted octanol–water partition coefficient (Wildman–Crippen LogP) is 6.14. The van der Waals surface area contributed by atoms with Crippen molar-refractivity contribution in [1.82, 2.24) is 9.88 Å². The average Bonchev–Trinajstić information content (AvgIpc) is 3.73. The van der Waals surface area contributed by atoms with Gasteiger partial charge in [-0.2, -0.15) is 0 Å². The van der Waals surface area contributed by atoms with E-state index in [1.165, 1.54) is 24.0 Å². The zero-order valence-electron chi connectivity index (χ0n) is 20.2. The van der Waals surface area contributed by atoms with Gasteiger partial charge in [-0.25, -0.2) is 9.78 Å². The van der Waals surface area contributed by atoms with Gasteiger partial charge in [0.25, 0.3) is 0 Å². The molecule has 1 aliphatic heterocycles. The Hall–Kier alpha value is -3.64. The molecular weight excluding hydrogens is 438 g/mol. The van der Waals surface area contributed by atoms with Crippen LogP contribution in [-0.2, 0) is 11.3 Å². The zero-order valence-corrected chi connectivity index (χ0v) is 20.2. The van der Waals surface area contributed by atoms with Crippen molar-refractivity contribution in [2.24, 2.45) is 5.73 Å². The van der Waals surface area contributed by atoms with Crippen molar-refractivity contribution in [3.63, 3.8) is 0 Å². The Labute approximate surface area is 207 Å². The summed E-state index contributed by atoms with van der Waals surface area (Å²) in [6.07, 6.45) is 8.40. The number of nitrogens with two attached hydrogens (primary N) is 1. The van der Waals surface area contributed by atoms with E-state index in [0.29, 0.717) is 25.6 Å². The molecule has 0 atom stereocenters. The van der Waals surface area contributed by atoms with Gasteiger partial charge in [-0.15, -0.1) is 0 Å². The SMILES string of the molecule is COCc1ccc(Oc2cccc(C=C3CCN(C(N)=O)CC3)c2)nc1.c1ccc(C2CC2)cc1. The molecule has 2 aliphatic rings. The monoisotopic (exact) mass is 471 g/mol. The van der Waals surface area contributed by atoms with Crippen molar-refractivity contribution in [2.45, 2.75) is 38.2 Å². The van der Waals surface area contributed by atoms with Crippen LogP contribution in [0, 0.1) is 0 Å². The molecule has 3 aromatic rings. The van der Waals surface area contributed by atoms with Crippen LogP contribution in [0.15, 0.2) is 78.5 Å². The second-order valence-corrected chi connectivity index (χ2v) is 8.93. The fraction of sp³-hybridized carbons (Fsp3) is 0.310. The van der Waals surface area contributed by atoms with Gasteiger partial charge in [0, 0.05) is 32.5 Å². The van der Waals surface area contributed by atoms with Crippen molar-refractivity contribution >= 4 is 12.1 Å². The number of rotatable bonds is 6. The summed E-state index contributed by atoms with van der Waals surface area (Å²) in [4.78, 5) is 17.2. The number of nitrogens with zero attached hydrogens (tertiary/aromatic N) is 2. The molecule has 35 heavy (non-hydrogen) atoms. The lowest BCUT2D eigenvalue weighted by molar-refractivity contribution is 0.184. The number of hydrogen-bond acceptors (Lipinski definition) is 4. The molecule has 0 unspecified atom stereocenters. The van der Waals surface area contributed by atoms with E-state index < -0.39 is 0 Å². The largest absolute Gasteiger partial charge is 0.439 e. The maximum absolute atomic E-state index is 11.2. The molecule has 1 saturated heterocycles. The molecule has 0 radical (unpaired) electrons. The van der Waals surface area contributed by atoms with Crippen LogP contribution in [0.25, 0.3) is 6.08 Å². The highest BCUT2D eigenvalue weighted by atomic mass is 16.5. The van der Waals surface area contributed by atoms with Gasteiger partial charge in [-0.05, 0) is 66.5 Å². The van der Waals surface area contributed by atoms with Crippen LogP contribution >= 0.6 is 0 Å². The van der Waals surface area contributed by atoms with Crippen LogP contribution in [0.5, 0.6) is 11.6 Å². The third-order valence-electron chi connectivity index (χ3n) is 6.13. The highest BCUT2D eigenvalue weighted by Crippen LogP contribution is 2.39. The minimum atomic E-state index is -0.344. The van der Waals surface area contributed by atoms with E-state index in [2.05, 4.69) is 41.4 Å². The number of likely N-dealkylation sites (tertiary alicyclic amines) is 1. The van der Waals surface area contributed by atoms with E-state index in [0.717, 1.165) is 35.6 Å². The normalized spacial score (nSPS) is 15.1. The molecule has 1 aromatic heterocycles. The smallest absolute Gasteiger partial charge is 0.314 e. The number of primary amides is 1. The first-order valence-electron chi connectivity index (χ1n) is 12.1. The van der Waals surface area contributed by atoms with Gasteiger partial charge in [-0.1, -0.05) is 54.1 Å². The number of urea groups is 1. The van der Waals surface area contributed by atoms with E-state index in [-0.39, 0.29) is 6.03 Å². The second-order valence-electron chi connectivity index (χ2n) is 8.93. The van der Waals surface area contributed by atoms with Gasteiger partial charge in [0.15, 0.2) is 0 Å². The summed E-state index contributed by atoms with van der Waals surface area (Å²) in [5.41, 5.74) is 10.2. The Morgan fingerprint density at radius 1 is 1.06 bits per heavy atom. The van der Waals surface area contributed by atoms with Crippen LogP contribution < -0.4 is 10.5 Å². The number of amides is 2. The summed E-state index contributed by atoms with van der Waals surface area (Å²) in [5, 5.41) is 0. The second kappa shape index (κ2) is 12.2. The highest BCUT2D eigenvalue weighted by molar-refractivity contribution is 5.72. The fourth-order valence-electron chi connectivity index (χ4n) is 4.05. The molecule has 2 fully saturated rings. The molecular formula is C29H33N3O3. The topological polar surface area (TPSA) is 77.7 Å². The van der Waals surface area contributed by atoms with Crippen molar-refractivity contribution in [2.75, 3.05) is 20.2 Å². The Morgan fingerprint density at radius 2 is 1.83 bits per heavy atom. The number of ether oxygens (including phenoxy) is 2. The number of carbonyl (C=O) groups is 1. The quantitative estimate of drug-likeness (QED) is 0.468. The van der Waals surface area contributed by atoms with Crippen LogP contribution in [0.4, 0.5) is 4.79 Å². The zero-order chi connectivity index (χ0) is 24.5. The number of methoxy groups -OCH3 is 1. The van der Waals surface area contributed by atoms with E-state index in [9.17, 15) is 4.79 Å². The first-order chi connectivity index (χ1) is 17.1. The van der Waals surface area contributed by atoms with Gasteiger partial charge in [0.05, 0.1) is 6.61 Å². The number of pyridine rings is 1. The van der Waals surface area contributed by atoms with Crippen molar-refractivity contribution in [3.05, 3.63) is 95.2 Å². The van der Waals surface area contributed by atoms with Crippen LogP contribution in [0.3, 0.4) is 0 Å². The molecule has 2 aromatic carbocycles. The van der Waals surface area contributed by atoms with E-state index in [4.69, 9.17) is 15.2 Å². The van der Waals surface area contributed by atoms with Gasteiger partial charge >= 0.3 is 6.03 Å². The number of hydrogen-bond donors (Lipinski definition) is 1. The minimum Gasteiger partial charge on any atom is -0.439 e. The van der Waals surface area contributed by atoms with Gasteiger partial charge in [0.2, 0.25) is 5.88 Å². The number of benzene rings is 2. The molecule has 182 valence electrons. The number of piperidine rings is 1. The predicted molar refractivity (Wildman–Crippen MR) is 138 cm³/mol. The third-order valence-corrected chi connectivity index (χ3v) is 6.13. The Bertz CT molecular complexity index is 1120. The lowest BCUT2D eigenvalue weighted by atomic mass is 10.0. The number of carbonyl (C=O) groups excluding carboxylic acids is 1. The van der Waals surface area contributed by atoms with E-state index in [1.807, 2.05) is 36.4 Å². The van der Waals surface area contributed by atoms with Crippen LogP contribution in [0.1, 0.15) is 48.3 Å². The van der Waals surface area contributed by atoms with Gasteiger partial charge < -0.3 is 20.1 Å². The van der Waals surface area contributed by atoms with Gasteiger partial charge in [0.1, 0.15) is 5.75 Å². The molecule has 6 heteroatoms. The summed E-state index contributed by atoms with van der Waals surface area (Å²) >= 11 is 0. The van der Waals surface area contributed by atoms with Crippen LogP contribution in [0.2, 0.25) is 0 Å². The molecule has 2 amide bonds. The molecule has 0 bridgehead atoms. The maximum Gasteiger partial charge on any atom is 0.314 e. The lowest BCUT2D eigenvalue weighted by Crippen LogP contribution is -2.39. The van der Waals surface area contributed by atoms with Crippen molar-refractivity contribution in [3.8, 4) is 11.6 Å². The Morgan fingerprint density at radius 3 is 2.46 bits per heavy atom. The van der Waals surface area contributed by atoms with Crippen molar-refractivity contribution < 1.29 is 14.3 Å². The summed E-state index contributed by atoms with van der Waals surface area (Å²) in [6.45, 7) is 1.88. The Kier molecular flexibility index (Phi) is 8.52. The first-order valence-corrected chi connectivity index (χ1v) is 12.1. The van der Waals surface area contributed by atoms with E-state index in [1.54, 1.807) is 18.2 Å². The minimum absolute atomic E-state index is 0.344. The number of aromatic nitrogens is 1. The summed E-state index contributed by atoms with van der Waals surface area (Å²) in [6, 6.07) is 22.1. The first kappa shape index (κ1) is 24.5. The highest BCUT2D eigenvalue weighted by Gasteiger charge is 2.22. The maximum atomic E-state index is 11.2. The van der Waals surface area contributed by atoms with E-state index >= 15 is 0 Å². The molecule has 5 rings (SSSR count). The van der Waals surface area contributed by atoms with Gasteiger partial charge in [-0.3, -0.25) is 0 Å². The van der Waals surface area contributed by atoms with Crippen molar-refractivity contribution in [1.29, 1.82) is 0 Å². The summed E-state index contributed by atoms with van der Waals surface area (Å²) in [5.74, 6) is 2.19. The standard InChI is InChI=1S/C20H23N3O3.C9H10/c1-25-14-17-5-6-19(22-13-17)26-18-4-2-3-16(12-18)11-15-7-9-23(10-8-15)20(21)24;1-2-4-8(5-3-1)9-6-7-9/h2-6,11-13H,7-10,14H2,1H3,(H2,21,24);1-5,9H,6-7H2. The Balaban J connectivity index is 0.000000266. The molecule has 2 heterocycles. The van der Waals surface area contributed by atoms with Crippen LogP contribution in [-0.4, -0.2) is 36.1 Å². The lowest BCUT2D eigenvalue weighted by Gasteiger charge is -2.26. The molecule has 2 N–H and O–H groups in total. The summed E-state index contributed by atoms with van der Waals surface area (Å²) in [7, 11) is 1.65. The molecule has 1 saturated carbocycles. The average molecular weight is 472 g/mol. The molecule has 0 spiro atoms. The summed E-state index contributed by atoms with van der Waals surface area (Å²) < 4.78 is 10.9. The molecule has 1 aliphatic carbocycles. The third kappa shape index (κ3) is 7.69.